The third-order valence-corrected chi connectivity index (χ3v) is 8.32. The molecule has 2 saturated heterocycles. The summed E-state index contributed by atoms with van der Waals surface area (Å²) in [5.74, 6) is -3.79. The molecule has 4 rings (SSSR count). The number of benzene rings is 2. The number of carbonyl (C=O) groups excluding carboxylic acids is 4. The normalized spacial score (nSPS) is 19.8. The van der Waals surface area contributed by atoms with Crippen molar-refractivity contribution in [3.63, 3.8) is 0 Å². The van der Waals surface area contributed by atoms with Crippen LogP contribution in [0.25, 0.3) is 0 Å². The number of rotatable bonds is 5. The maximum Gasteiger partial charge on any atom is 0.416 e. The molecule has 2 aliphatic rings. The summed E-state index contributed by atoms with van der Waals surface area (Å²) in [4.78, 5) is 54.4. The van der Waals surface area contributed by atoms with Crippen LogP contribution in [0.3, 0.4) is 0 Å². The summed E-state index contributed by atoms with van der Waals surface area (Å²) in [6, 6.07) is 10.1. The molecular weight excluding hydrogens is 542 g/mol. The Balaban J connectivity index is 1.51. The lowest BCUT2D eigenvalue weighted by Crippen LogP contribution is -2.57. The summed E-state index contributed by atoms with van der Waals surface area (Å²) in [7, 11) is 0. The summed E-state index contributed by atoms with van der Waals surface area (Å²) in [5.41, 5.74) is -1.44. The second-order valence-corrected chi connectivity index (χ2v) is 11.2. The van der Waals surface area contributed by atoms with Crippen molar-refractivity contribution in [3.05, 3.63) is 71.0 Å². The van der Waals surface area contributed by atoms with Gasteiger partial charge in [-0.3, -0.25) is 24.1 Å². The molecule has 1 spiro atoms. The average molecular weight is 576 g/mol. The number of hydrogen-bond acceptors (Lipinski definition) is 4. The SMILES string of the molecule is CC(=O)N1CC(c2ccccc2)C2(CCN(C(=O)[C@H](NC(=O)c3cc(C(F)(F)F)ccc3F)C(C)C)CC2)CC1=O. The Morgan fingerprint density at radius 3 is 2.22 bits per heavy atom. The molecule has 2 heterocycles. The van der Waals surface area contributed by atoms with Crippen molar-refractivity contribution in [3.8, 4) is 0 Å². The lowest BCUT2D eigenvalue weighted by atomic mass is 9.62. The van der Waals surface area contributed by atoms with Gasteiger partial charge in [0.1, 0.15) is 11.9 Å². The van der Waals surface area contributed by atoms with Gasteiger partial charge >= 0.3 is 6.18 Å². The fraction of sp³-hybridized carbons (Fsp3) is 0.467. The van der Waals surface area contributed by atoms with E-state index in [0.29, 0.717) is 31.0 Å². The average Bonchev–Trinajstić information content (AvgIpc) is 2.91. The van der Waals surface area contributed by atoms with Gasteiger partial charge in [-0.15, -0.1) is 0 Å². The molecule has 2 atom stereocenters. The zero-order valence-electron chi connectivity index (χ0n) is 23.1. The van der Waals surface area contributed by atoms with Crippen LogP contribution >= 0.6 is 0 Å². The summed E-state index contributed by atoms with van der Waals surface area (Å²) >= 11 is 0. The monoisotopic (exact) mass is 575 g/mol. The molecule has 0 bridgehead atoms. The molecule has 0 saturated carbocycles. The Morgan fingerprint density at radius 1 is 1.02 bits per heavy atom. The predicted octanol–water partition coefficient (Wildman–Crippen LogP) is 4.77. The second-order valence-electron chi connectivity index (χ2n) is 11.2. The van der Waals surface area contributed by atoms with Crippen LogP contribution in [0.5, 0.6) is 0 Å². The standard InChI is InChI=1S/C30H33F4N3O4/c1-18(2)26(35-27(40)22-15-21(30(32,33)34)9-10-24(22)31)28(41)36-13-11-29(12-14-36)16-25(39)37(19(3)38)17-23(29)20-7-5-4-6-8-20/h4-10,15,18,23,26H,11-14,16-17H2,1-3H3,(H,35,40)/t23?,26-/m1/s1. The number of alkyl halides is 3. The molecule has 2 aliphatic heterocycles. The van der Waals surface area contributed by atoms with E-state index in [1.54, 1.807) is 18.7 Å². The van der Waals surface area contributed by atoms with Crippen LogP contribution in [0, 0.1) is 17.2 Å². The van der Waals surface area contributed by atoms with E-state index >= 15 is 0 Å². The van der Waals surface area contributed by atoms with Crippen molar-refractivity contribution in [1.82, 2.24) is 15.1 Å². The zero-order valence-corrected chi connectivity index (χ0v) is 23.1. The molecule has 1 N–H and O–H groups in total. The highest BCUT2D eigenvalue weighted by Gasteiger charge is 2.50. The Kier molecular flexibility index (Phi) is 8.56. The first kappa shape index (κ1) is 30.2. The van der Waals surface area contributed by atoms with Gasteiger partial charge in [0.2, 0.25) is 17.7 Å². The van der Waals surface area contributed by atoms with E-state index < -0.39 is 52.3 Å². The topological polar surface area (TPSA) is 86.8 Å². The number of likely N-dealkylation sites (tertiary alicyclic amines) is 2. The number of amides is 4. The van der Waals surface area contributed by atoms with Crippen LogP contribution in [-0.2, 0) is 20.6 Å². The molecule has 1 unspecified atom stereocenters. The molecule has 2 aromatic carbocycles. The molecule has 220 valence electrons. The minimum atomic E-state index is -4.76. The number of carbonyl (C=O) groups is 4. The predicted molar refractivity (Wildman–Crippen MR) is 142 cm³/mol. The van der Waals surface area contributed by atoms with Gasteiger partial charge in [-0.05, 0) is 47.9 Å². The molecule has 0 aromatic heterocycles. The maximum absolute atomic E-state index is 14.3. The lowest BCUT2D eigenvalue weighted by Gasteiger charge is -2.51. The number of piperidine rings is 2. The third-order valence-electron chi connectivity index (χ3n) is 8.32. The number of imide groups is 1. The van der Waals surface area contributed by atoms with Crippen LogP contribution in [0.2, 0.25) is 0 Å². The molecule has 0 radical (unpaired) electrons. The number of nitrogens with zero attached hydrogens (tertiary/aromatic N) is 2. The van der Waals surface area contributed by atoms with E-state index in [1.165, 1.54) is 11.8 Å². The quantitative estimate of drug-likeness (QED) is 0.521. The van der Waals surface area contributed by atoms with E-state index in [-0.39, 0.29) is 43.8 Å². The van der Waals surface area contributed by atoms with Crippen LogP contribution in [-0.4, -0.2) is 59.1 Å². The molecule has 4 amide bonds. The van der Waals surface area contributed by atoms with Gasteiger partial charge in [-0.1, -0.05) is 44.2 Å². The van der Waals surface area contributed by atoms with Crippen molar-refractivity contribution >= 4 is 23.6 Å². The van der Waals surface area contributed by atoms with Crippen molar-refractivity contribution in [2.75, 3.05) is 19.6 Å². The maximum atomic E-state index is 14.3. The van der Waals surface area contributed by atoms with Crippen LogP contribution < -0.4 is 5.32 Å². The van der Waals surface area contributed by atoms with E-state index in [2.05, 4.69) is 5.32 Å². The molecule has 41 heavy (non-hydrogen) atoms. The Hall–Kier alpha value is -3.76. The highest BCUT2D eigenvalue weighted by atomic mass is 19.4. The van der Waals surface area contributed by atoms with Gasteiger partial charge in [-0.2, -0.15) is 13.2 Å². The first-order valence-electron chi connectivity index (χ1n) is 13.6. The van der Waals surface area contributed by atoms with Crippen molar-refractivity contribution in [2.45, 2.75) is 58.2 Å². The highest BCUT2D eigenvalue weighted by Crippen LogP contribution is 2.50. The smallest absolute Gasteiger partial charge is 0.341 e. The molecule has 2 fully saturated rings. The fourth-order valence-electron chi connectivity index (χ4n) is 5.95. The summed E-state index contributed by atoms with van der Waals surface area (Å²) < 4.78 is 53.8. The fourth-order valence-corrected chi connectivity index (χ4v) is 5.95. The van der Waals surface area contributed by atoms with Crippen LogP contribution in [0.1, 0.15) is 67.4 Å². The first-order valence-corrected chi connectivity index (χ1v) is 13.6. The van der Waals surface area contributed by atoms with Gasteiger partial charge in [-0.25, -0.2) is 4.39 Å². The minimum Gasteiger partial charge on any atom is -0.341 e. The van der Waals surface area contributed by atoms with Gasteiger partial charge in [0.05, 0.1) is 11.1 Å². The minimum absolute atomic E-state index is 0.118. The largest absolute Gasteiger partial charge is 0.416 e. The molecule has 2 aromatic rings. The molecule has 11 heteroatoms. The van der Waals surface area contributed by atoms with E-state index in [9.17, 15) is 36.7 Å². The van der Waals surface area contributed by atoms with Crippen LogP contribution in [0.15, 0.2) is 48.5 Å². The Bertz CT molecular complexity index is 1320. The number of nitrogens with one attached hydrogen (secondary N) is 1. The first-order chi connectivity index (χ1) is 19.2. The summed E-state index contributed by atoms with van der Waals surface area (Å²) in [5, 5.41) is 2.44. The van der Waals surface area contributed by atoms with Gasteiger partial charge < -0.3 is 10.2 Å². The van der Waals surface area contributed by atoms with E-state index in [1.807, 2.05) is 30.3 Å². The van der Waals surface area contributed by atoms with E-state index in [4.69, 9.17) is 0 Å². The summed E-state index contributed by atoms with van der Waals surface area (Å²) in [6.45, 7) is 5.54. The molecule has 7 nitrogen and oxygen atoms in total. The molecule has 0 aliphatic carbocycles. The van der Waals surface area contributed by atoms with Gasteiger partial charge in [0, 0.05) is 38.9 Å². The zero-order chi connectivity index (χ0) is 30.1. The lowest BCUT2D eigenvalue weighted by molar-refractivity contribution is -0.152. The van der Waals surface area contributed by atoms with E-state index in [0.717, 1.165) is 5.56 Å². The van der Waals surface area contributed by atoms with Crippen molar-refractivity contribution in [2.24, 2.45) is 11.3 Å². The van der Waals surface area contributed by atoms with Crippen LogP contribution in [0.4, 0.5) is 17.6 Å². The molecular formula is C30H33F4N3O4. The highest BCUT2D eigenvalue weighted by molar-refractivity contribution is 5.98. The van der Waals surface area contributed by atoms with Gasteiger partial charge in [0.15, 0.2) is 0 Å². The Labute approximate surface area is 235 Å². The van der Waals surface area contributed by atoms with Crippen molar-refractivity contribution in [1.29, 1.82) is 0 Å². The van der Waals surface area contributed by atoms with Gasteiger partial charge in [0.25, 0.3) is 5.91 Å². The third kappa shape index (κ3) is 6.28. The second kappa shape index (κ2) is 11.6. The summed E-state index contributed by atoms with van der Waals surface area (Å²) in [6.07, 6.45) is -3.64. The Morgan fingerprint density at radius 2 is 1.66 bits per heavy atom. The number of hydrogen-bond donors (Lipinski definition) is 1. The van der Waals surface area contributed by atoms with Crippen molar-refractivity contribution < 1.29 is 36.7 Å². The number of halogens is 4.